The fourth-order valence-corrected chi connectivity index (χ4v) is 3.04. The van der Waals surface area contributed by atoms with E-state index in [-0.39, 0.29) is 5.92 Å². The van der Waals surface area contributed by atoms with Crippen LogP contribution in [0.15, 0.2) is 4.47 Å². The molecule has 0 spiro atoms. The highest BCUT2D eigenvalue weighted by atomic mass is 79.9. The Bertz CT molecular complexity index is 598. The Hall–Kier alpha value is -1.37. The number of nitrogen functional groups attached to an aromatic ring is 1. The molecule has 0 aliphatic heterocycles. The molecule has 0 atom stereocenters. The molecule has 6 nitrogen and oxygen atoms in total. The van der Waals surface area contributed by atoms with Gasteiger partial charge in [0.05, 0.1) is 28.1 Å². The van der Waals surface area contributed by atoms with Gasteiger partial charge in [-0.25, -0.2) is 4.68 Å². The minimum atomic E-state index is 0.285. The Morgan fingerprint density at radius 2 is 1.95 bits per heavy atom. The summed E-state index contributed by atoms with van der Waals surface area (Å²) in [5, 5.41) is 12.8. The number of anilines is 1. The molecular formula is C13H21BrN6. The first-order valence-corrected chi connectivity index (χ1v) is 7.71. The molecule has 2 aromatic rings. The zero-order valence-electron chi connectivity index (χ0n) is 12.4. The van der Waals surface area contributed by atoms with Gasteiger partial charge < -0.3 is 5.73 Å². The summed E-state index contributed by atoms with van der Waals surface area (Å²) in [5.41, 5.74) is 9.06. The molecule has 0 aromatic carbocycles. The zero-order chi connectivity index (χ0) is 14.9. The summed E-state index contributed by atoms with van der Waals surface area (Å²) in [6.45, 7) is 9.82. The second kappa shape index (κ2) is 5.95. The Kier molecular flexibility index (Phi) is 4.47. The van der Waals surface area contributed by atoms with E-state index in [1.54, 1.807) is 0 Å². The van der Waals surface area contributed by atoms with Gasteiger partial charge in [0.1, 0.15) is 0 Å². The van der Waals surface area contributed by atoms with Crippen molar-refractivity contribution in [2.24, 2.45) is 0 Å². The Morgan fingerprint density at radius 3 is 2.50 bits per heavy atom. The van der Waals surface area contributed by atoms with Crippen LogP contribution in [0.5, 0.6) is 0 Å². The van der Waals surface area contributed by atoms with Gasteiger partial charge >= 0.3 is 0 Å². The number of rotatable bonds is 5. The molecule has 0 saturated carbocycles. The second-order valence-electron chi connectivity index (χ2n) is 5.05. The molecule has 0 bridgehead atoms. The number of aryl methyl sites for hydroxylation is 2. The normalized spacial score (nSPS) is 11.5. The summed E-state index contributed by atoms with van der Waals surface area (Å²) >= 11 is 3.65. The van der Waals surface area contributed by atoms with E-state index in [1.165, 1.54) is 0 Å². The number of hydrogen-bond acceptors (Lipinski definition) is 4. The van der Waals surface area contributed by atoms with Crippen molar-refractivity contribution in [2.75, 3.05) is 5.73 Å². The summed E-state index contributed by atoms with van der Waals surface area (Å²) in [6.07, 6.45) is 0.900. The number of nitrogens with zero attached hydrogens (tertiary/aromatic N) is 5. The van der Waals surface area contributed by atoms with Crippen LogP contribution in [0.25, 0.3) is 0 Å². The van der Waals surface area contributed by atoms with E-state index in [0.717, 1.165) is 34.5 Å². The van der Waals surface area contributed by atoms with E-state index in [4.69, 9.17) is 5.73 Å². The van der Waals surface area contributed by atoms with Crippen LogP contribution in [0.1, 0.15) is 50.7 Å². The topological polar surface area (TPSA) is 74.5 Å². The van der Waals surface area contributed by atoms with Gasteiger partial charge in [-0.15, -0.1) is 5.10 Å². The highest BCUT2D eigenvalue weighted by molar-refractivity contribution is 9.10. The average molecular weight is 341 g/mol. The molecule has 0 unspecified atom stereocenters. The maximum Gasteiger partial charge on any atom is 0.169 e. The maximum atomic E-state index is 5.91. The molecular weight excluding hydrogens is 320 g/mol. The van der Waals surface area contributed by atoms with Crippen molar-refractivity contribution >= 4 is 21.7 Å². The molecule has 0 radical (unpaired) electrons. The molecule has 2 N–H and O–H groups in total. The van der Waals surface area contributed by atoms with E-state index in [0.29, 0.717) is 12.4 Å². The minimum absolute atomic E-state index is 0.285. The first kappa shape index (κ1) is 15.0. The molecule has 7 heteroatoms. The van der Waals surface area contributed by atoms with Crippen LogP contribution in [-0.2, 0) is 19.5 Å². The molecule has 2 heterocycles. The van der Waals surface area contributed by atoms with Gasteiger partial charge in [0.25, 0.3) is 0 Å². The van der Waals surface area contributed by atoms with Crippen molar-refractivity contribution in [1.82, 2.24) is 24.8 Å². The van der Waals surface area contributed by atoms with Crippen LogP contribution in [0.4, 0.5) is 5.82 Å². The van der Waals surface area contributed by atoms with E-state index in [1.807, 2.05) is 9.36 Å². The van der Waals surface area contributed by atoms with Crippen LogP contribution < -0.4 is 5.73 Å². The lowest BCUT2D eigenvalue weighted by molar-refractivity contribution is 0.542. The molecule has 2 aromatic heterocycles. The molecule has 0 aliphatic carbocycles. The first-order valence-electron chi connectivity index (χ1n) is 6.92. The predicted octanol–water partition coefficient (Wildman–Crippen LogP) is 2.57. The minimum Gasteiger partial charge on any atom is -0.381 e. The molecule has 0 amide bonds. The van der Waals surface area contributed by atoms with Crippen LogP contribution in [0, 0.1) is 0 Å². The average Bonchev–Trinajstić information content (AvgIpc) is 2.92. The highest BCUT2D eigenvalue weighted by Crippen LogP contribution is 2.25. The number of halogens is 1. The van der Waals surface area contributed by atoms with Crippen molar-refractivity contribution in [2.45, 2.75) is 53.1 Å². The second-order valence-corrected chi connectivity index (χ2v) is 5.84. The van der Waals surface area contributed by atoms with Gasteiger partial charge in [0.2, 0.25) is 0 Å². The van der Waals surface area contributed by atoms with E-state index < -0.39 is 0 Å². The van der Waals surface area contributed by atoms with Crippen LogP contribution in [0.3, 0.4) is 0 Å². The van der Waals surface area contributed by atoms with Crippen molar-refractivity contribution in [3.63, 3.8) is 0 Å². The van der Waals surface area contributed by atoms with Gasteiger partial charge in [0, 0.05) is 6.54 Å². The number of nitrogens with two attached hydrogens (primary N) is 1. The zero-order valence-corrected chi connectivity index (χ0v) is 14.0. The summed E-state index contributed by atoms with van der Waals surface area (Å²) < 4.78 is 4.93. The van der Waals surface area contributed by atoms with Gasteiger partial charge in [-0.2, -0.15) is 5.10 Å². The van der Waals surface area contributed by atoms with E-state index in [2.05, 4.69) is 59.0 Å². The van der Waals surface area contributed by atoms with E-state index in [9.17, 15) is 0 Å². The lowest BCUT2D eigenvalue weighted by atomic mass is 10.1. The Labute approximate surface area is 127 Å². The fourth-order valence-electron chi connectivity index (χ4n) is 2.35. The maximum absolute atomic E-state index is 5.91. The van der Waals surface area contributed by atoms with Crippen molar-refractivity contribution in [3.05, 3.63) is 21.6 Å². The van der Waals surface area contributed by atoms with Crippen LogP contribution in [-0.4, -0.2) is 24.8 Å². The van der Waals surface area contributed by atoms with Gasteiger partial charge in [-0.1, -0.05) is 26.0 Å². The number of aromatic nitrogens is 5. The lowest BCUT2D eigenvalue weighted by Gasteiger charge is -2.11. The summed E-state index contributed by atoms with van der Waals surface area (Å²) in [5.74, 6) is 0.793. The molecule has 2 rings (SSSR count). The van der Waals surface area contributed by atoms with Crippen LogP contribution in [0.2, 0.25) is 0 Å². The third-order valence-corrected chi connectivity index (χ3v) is 4.26. The lowest BCUT2D eigenvalue weighted by Crippen LogP contribution is -2.13. The van der Waals surface area contributed by atoms with Gasteiger partial charge in [-0.05, 0) is 35.2 Å². The molecule has 0 fully saturated rings. The van der Waals surface area contributed by atoms with Gasteiger partial charge in [0.15, 0.2) is 5.82 Å². The summed E-state index contributed by atoms with van der Waals surface area (Å²) in [6, 6.07) is 0. The van der Waals surface area contributed by atoms with Gasteiger partial charge in [-0.3, -0.25) is 4.68 Å². The first-order chi connectivity index (χ1) is 9.49. The molecule has 0 aliphatic rings. The van der Waals surface area contributed by atoms with Crippen molar-refractivity contribution in [1.29, 1.82) is 0 Å². The van der Waals surface area contributed by atoms with Crippen molar-refractivity contribution < 1.29 is 0 Å². The highest BCUT2D eigenvalue weighted by Gasteiger charge is 2.19. The smallest absolute Gasteiger partial charge is 0.169 e. The third kappa shape index (κ3) is 2.59. The number of hydrogen-bond donors (Lipinski definition) is 1. The molecule has 0 saturated heterocycles. The SMILES string of the molecule is CCc1nn(CC)c(Cn2nnc(N)c2C(C)C)c1Br. The Morgan fingerprint density at radius 1 is 1.25 bits per heavy atom. The molecule has 20 heavy (non-hydrogen) atoms. The fraction of sp³-hybridized carbons (Fsp3) is 0.615. The quantitative estimate of drug-likeness (QED) is 0.907. The van der Waals surface area contributed by atoms with Crippen molar-refractivity contribution in [3.8, 4) is 0 Å². The molecule has 110 valence electrons. The third-order valence-electron chi connectivity index (χ3n) is 3.34. The Balaban J connectivity index is 2.42. The monoisotopic (exact) mass is 340 g/mol. The van der Waals surface area contributed by atoms with E-state index >= 15 is 0 Å². The summed E-state index contributed by atoms with van der Waals surface area (Å²) in [7, 11) is 0. The summed E-state index contributed by atoms with van der Waals surface area (Å²) in [4.78, 5) is 0. The predicted molar refractivity (Wildman–Crippen MR) is 82.6 cm³/mol. The van der Waals surface area contributed by atoms with Crippen LogP contribution >= 0.6 is 15.9 Å². The largest absolute Gasteiger partial charge is 0.381 e. The standard InChI is InChI=1S/C13H21BrN6/c1-5-9-11(14)10(19(6-2)17-9)7-20-12(8(3)4)13(15)16-18-20/h8H,5-7,15H2,1-4H3.